The SMILES string of the molecule is COc1cccc(-c2nnc(SCC(=O)c3ccc(NC(C)=O)cc3)nc2-c2cccc(OC)c2)c1. The highest BCUT2D eigenvalue weighted by Gasteiger charge is 2.16. The smallest absolute Gasteiger partial charge is 0.221 e. The standard InChI is InChI=1S/C27H24N4O4S/c1-17(32)28-21-12-10-18(11-13-21)24(33)16-36-27-29-25(19-6-4-8-22(14-19)34-2)26(30-31-27)20-7-5-9-23(15-20)35-3/h4-15H,16H2,1-3H3,(H,28,32). The van der Waals surface area contributed by atoms with Crippen LogP contribution in [-0.2, 0) is 4.79 Å². The molecular formula is C27H24N4O4S. The van der Waals surface area contributed by atoms with Crippen molar-refractivity contribution in [2.45, 2.75) is 12.1 Å². The fourth-order valence-electron chi connectivity index (χ4n) is 3.46. The van der Waals surface area contributed by atoms with Crippen molar-refractivity contribution < 1.29 is 19.1 Å². The number of amides is 1. The average Bonchev–Trinajstić information content (AvgIpc) is 2.91. The Morgan fingerprint density at radius 1 is 0.833 bits per heavy atom. The molecule has 8 nitrogen and oxygen atoms in total. The summed E-state index contributed by atoms with van der Waals surface area (Å²) >= 11 is 1.21. The number of thioether (sulfide) groups is 1. The van der Waals surface area contributed by atoms with Crippen molar-refractivity contribution in [2.24, 2.45) is 0 Å². The van der Waals surface area contributed by atoms with E-state index in [9.17, 15) is 9.59 Å². The molecule has 0 saturated carbocycles. The molecule has 0 aliphatic carbocycles. The molecule has 0 atom stereocenters. The molecule has 0 radical (unpaired) electrons. The van der Waals surface area contributed by atoms with Gasteiger partial charge in [0.25, 0.3) is 0 Å². The maximum Gasteiger partial charge on any atom is 0.221 e. The number of aromatic nitrogens is 3. The molecule has 0 aliphatic heterocycles. The molecule has 4 rings (SSSR count). The Bertz CT molecular complexity index is 1390. The minimum atomic E-state index is -0.168. The molecule has 182 valence electrons. The lowest BCUT2D eigenvalue weighted by molar-refractivity contribution is -0.114. The summed E-state index contributed by atoms with van der Waals surface area (Å²) in [5.74, 6) is 1.27. The van der Waals surface area contributed by atoms with E-state index in [-0.39, 0.29) is 17.4 Å². The Morgan fingerprint density at radius 2 is 1.44 bits per heavy atom. The Morgan fingerprint density at radius 3 is 2.03 bits per heavy atom. The predicted octanol–water partition coefficient (Wildman–Crippen LogP) is 5.16. The number of nitrogens with zero attached hydrogens (tertiary/aromatic N) is 3. The molecule has 3 aromatic carbocycles. The molecular weight excluding hydrogens is 476 g/mol. The van der Waals surface area contributed by atoms with Gasteiger partial charge < -0.3 is 14.8 Å². The molecule has 1 N–H and O–H groups in total. The van der Waals surface area contributed by atoms with Gasteiger partial charge in [-0.15, -0.1) is 10.2 Å². The van der Waals surface area contributed by atoms with E-state index in [1.54, 1.807) is 38.5 Å². The van der Waals surface area contributed by atoms with E-state index in [4.69, 9.17) is 14.5 Å². The van der Waals surface area contributed by atoms with Crippen molar-refractivity contribution in [1.82, 2.24) is 15.2 Å². The van der Waals surface area contributed by atoms with Crippen molar-refractivity contribution >= 4 is 29.1 Å². The summed E-state index contributed by atoms with van der Waals surface area (Å²) in [6.07, 6.45) is 0. The van der Waals surface area contributed by atoms with Crippen LogP contribution >= 0.6 is 11.8 Å². The Hall–Kier alpha value is -4.24. The molecule has 9 heteroatoms. The summed E-state index contributed by atoms with van der Waals surface area (Å²) in [4.78, 5) is 28.7. The molecule has 1 heterocycles. The quantitative estimate of drug-likeness (QED) is 0.248. The van der Waals surface area contributed by atoms with E-state index < -0.39 is 0 Å². The molecule has 0 unspecified atom stereocenters. The number of carbonyl (C=O) groups is 2. The minimum Gasteiger partial charge on any atom is -0.497 e. The van der Waals surface area contributed by atoms with E-state index in [1.165, 1.54) is 18.7 Å². The first-order valence-electron chi connectivity index (χ1n) is 11.0. The van der Waals surface area contributed by atoms with Gasteiger partial charge in [0.2, 0.25) is 11.1 Å². The zero-order chi connectivity index (χ0) is 25.5. The lowest BCUT2D eigenvalue weighted by Gasteiger charge is -2.11. The molecule has 36 heavy (non-hydrogen) atoms. The number of ketones is 1. The van der Waals surface area contributed by atoms with Gasteiger partial charge in [0, 0.05) is 29.3 Å². The maximum atomic E-state index is 12.7. The van der Waals surface area contributed by atoms with Crippen LogP contribution in [0.3, 0.4) is 0 Å². The van der Waals surface area contributed by atoms with Crippen LogP contribution in [0, 0.1) is 0 Å². The van der Waals surface area contributed by atoms with Gasteiger partial charge in [-0.25, -0.2) is 4.98 Å². The number of benzene rings is 3. The number of nitrogens with one attached hydrogen (secondary N) is 1. The van der Waals surface area contributed by atoms with Crippen LogP contribution in [0.5, 0.6) is 11.5 Å². The fourth-order valence-corrected chi connectivity index (χ4v) is 4.15. The van der Waals surface area contributed by atoms with Crippen molar-refractivity contribution in [3.05, 3.63) is 78.4 Å². The molecule has 1 amide bonds. The van der Waals surface area contributed by atoms with Crippen LogP contribution in [0.2, 0.25) is 0 Å². The number of rotatable bonds is 9. The highest BCUT2D eigenvalue weighted by molar-refractivity contribution is 7.99. The van der Waals surface area contributed by atoms with Crippen LogP contribution in [-0.4, -0.2) is 46.8 Å². The van der Waals surface area contributed by atoms with E-state index in [0.717, 1.165) is 11.1 Å². The monoisotopic (exact) mass is 500 g/mol. The highest BCUT2D eigenvalue weighted by Crippen LogP contribution is 2.33. The third-order valence-corrected chi connectivity index (χ3v) is 6.05. The second kappa shape index (κ2) is 11.5. The van der Waals surface area contributed by atoms with Crippen molar-refractivity contribution in [1.29, 1.82) is 0 Å². The minimum absolute atomic E-state index is 0.0854. The molecule has 1 aromatic heterocycles. The molecule has 0 fully saturated rings. The van der Waals surface area contributed by atoms with Crippen molar-refractivity contribution in [3.63, 3.8) is 0 Å². The molecule has 0 bridgehead atoms. The number of Topliss-reactive ketones (excluding diaryl/α,β-unsaturated/α-hetero) is 1. The second-order valence-electron chi connectivity index (χ2n) is 7.73. The van der Waals surface area contributed by atoms with Gasteiger partial charge in [-0.05, 0) is 48.5 Å². The van der Waals surface area contributed by atoms with Gasteiger partial charge in [-0.3, -0.25) is 9.59 Å². The van der Waals surface area contributed by atoms with Crippen LogP contribution in [0.1, 0.15) is 17.3 Å². The number of hydrogen-bond acceptors (Lipinski definition) is 8. The zero-order valence-corrected chi connectivity index (χ0v) is 20.8. The van der Waals surface area contributed by atoms with E-state index in [1.807, 2.05) is 48.5 Å². The number of hydrogen-bond donors (Lipinski definition) is 1. The highest BCUT2D eigenvalue weighted by atomic mass is 32.2. The summed E-state index contributed by atoms with van der Waals surface area (Å²) in [6, 6.07) is 21.8. The second-order valence-corrected chi connectivity index (χ2v) is 8.67. The molecule has 0 spiro atoms. The topological polar surface area (TPSA) is 103 Å². The van der Waals surface area contributed by atoms with Gasteiger partial charge in [-0.2, -0.15) is 0 Å². The van der Waals surface area contributed by atoms with Crippen LogP contribution in [0.15, 0.2) is 78.0 Å². The van der Waals surface area contributed by atoms with Crippen LogP contribution in [0.4, 0.5) is 5.69 Å². The fraction of sp³-hybridized carbons (Fsp3) is 0.148. The molecule has 4 aromatic rings. The Labute approximate surface area is 213 Å². The van der Waals surface area contributed by atoms with Crippen LogP contribution < -0.4 is 14.8 Å². The summed E-state index contributed by atoms with van der Waals surface area (Å²) in [7, 11) is 3.21. The number of methoxy groups -OCH3 is 2. The summed E-state index contributed by atoms with van der Waals surface area (Å²) < 4.78 is 10.8. The van der Waals surface area contributed by atoms with Gasteiger partial charge >= 0.3 is 0 Å². The largest absolute Gasteiger partial charge is 0.497 e. The number of ether oxygens (including phenoxy) is 2. The average molecular weight is 501 g/mol. The summed E-state index contributed by atoms with van der Waals surface area (Å²) in [6.45, 7) is 1.43. The third kappa shape index (κ3) is 6.05. The predicted molar refractivity (Wildman–Crippen MR) is 140 cm³/mol. The van der Waals surface area contributed by atoms with Gasteiger partial charge in [0.1, 0.15) is 22.9 Å². The summed E-state index contributed by atoms with van der Waals surface area (Å²) in [5.41, 5.74) is 3.99. The third-order valence-electron chi connectivity index (χ3n) is 5.21. The van der Waals surface area contributed by atoms with Gasteiger partial charge in [0.15, 0.2) is 5.78 Å². The molecule has 0 saturated heterocycles. The van der Waals surface area contributed by atoms with E-state index >= 15 is 0 Å². The first-order chi connectivity index (χ1) is 17.5. The van der Waals surface area contributed by atoms with Gasteiger partial charge in [-0.1, -0.05) is 36.0 Å². The zero-order valence-electron chi connectivity index (χ0n) is 20.0. The lowest BCUT2D eigenvalue weighted by Crippen LogP contribution is -2.07. The number of anilines is 1. The molecule has 0 aliphatic rings. The first kappa shape index (κ1) is 24.9. The van der Waals surface area contributed by atoms with Crippen molar-refractivity contribution in [2.75, 3.05) is 25.3 Å². The Balaban J connectivity index is 1.61. The number of carbonyl (C=O) groups excluding carboxylic acids is 2. The van der Waals surface area contributed by atoms with E-state index in [0.29, 0.717) is 39.3 Å². The van der Waals surface area contributed by atoms with E-state index in [2.05, 4.69) is 15.5 Å². The summed E-state index contributed by atoms with van der Waals surface area (Å²) in [5, 5.41) is 11.8. The Kier molecular flexibility index (Phi) is 7.92. The van der Waals surface area contributed by atoms with Gasteiger partial charge in [0.05, 0.1) is 20.0 Å². The lowest BCUT2D eigenvalue weighted by atomic mass is 10.0. The first-order valence-corrected chi connectivity index (χ1v) is 12.0. The maximum absolute atomic E-state index is 12.7. The van der Waals surface area contributed by atoms with Crippen molar-refractivity contribution in [3.8, 4) is 34.0 Å². The van der Waals surface area contributed by atoms with Crippen LogP contribution in [0.25, 0.3) is 22.5 Å². The normalized spacial score (nSPS) is 10.5.